The molecule has 0 N–H and O–H groups in total. The Morgan fingerprint density at radius 2 is 1.81 bits per heavy atom. The molecule has 0 radical (unpaired) electrons. The molecule has 2 nitrogen and oxygen atoms in total. The summed E-state index contributed by atoms with van der Waals surface area (Å²) in [5.74, 6) is 2.85. The Bertz CT molecular complexity index is 943. The van der Waals surface area contributed by atoms with Crippen molar-refractivity contribution in [3.05, 3.63) is 81.4 Å². The van der Waals surface area contributed by atoms with Gasteiger partial charge in [-0.2, -0.15) is 0 Å². The number of terminal acetylenes is 1. The quantitative estimate of drug-likeness (QED) is 0.757. The van der Waals surface area contributed by atoms with Crippen molar-refractivity contribution in [3.63, 3.8) is 0 Å². The van der Waals surface area contributed by atoms with Gasteiger partial charge in [0, 0.05) is 18.0 Å². The van der Waals surface area contributed by atoms with E-state index >= 15 is 0 Å². The first-order valence-electron chi connectivity index (χ1n) is 9.16. The van der Waals surface area contributed by atoms with Crippen LogP contribution in [-0.2, 0) is 17.6 Å². The summed E-state index contributed by atoms with van der Waals surface area (Å²) in [4.78, 5) is 14.9. The van der Waals surface area contributed by atoms with E-state index in [1.807, 2.05) is 4.90 Å². The highest BCUT2D eigenvalue weighted by atomic mass is 16.2. The summed E-state index contributed by atoms with van der Waals surface area (Å²) in [6.07, 6.45) is 7.20. The smallest absolute Gasteiger partial charge is 0.251 e. The number of carbonyl (C=O) groups is 1. The Morgan fingerprint density at radius 1 is 1.08 bits per heavy atom. The second kappa shape index (κ2) is 6.50. The molecule has 1 heterocycles. The molecular formula is C24H23NO. The van der Waals surface area contributed by atoms with Crippen LogP contribution in [0.25, 0.3) is 0 Å². The number of aryl methyl sites for hydroxylation is 2. The molecule has 1 aliphatic carbocycles. The highest BCUT2D eigenvalue weighted by Crippen LogP contribution is 2.40. The van der Waals surface area contributed by atoms with Gasteiger partial charge in [0.2, 0.25) is 0 Å². The zero-order valence-corrected chi connectivity index (χ0v) is 15.4. The lowest BCUT2D eigenvalue weighted by molar-refractivity contribution is -0.125. The van der Waals surface area contributed by atoms with Crippen molar-refractivity contribution in [2.24, 2.45) is 0 Å². The van der Waals surface area contributed by atoms with E-state index in [0.717, 1.165) is 18.4 Å². The van der Waals surface area contributed by atoms with Gasteiger partial charge in [-0.05, 0) is 49.0 Å². The molecule has 130 valence electrons. The summed E-state index contributed by atoms with van der Waals surface area (Å²) in [6.45, 7) is 5.26. The molecule has 26 heavy (non-hydrogen) atoms. The molecule has 2 aromatic rings. The highest BCUT2D eigenvalue weighted by Gasteiger charge is 2.37. The van der Waals surface area contributed by atoms with Crippen LogP contribution in [-0.4, -0.2) is 23.9 Å². The average Bonchev–Trinajstić information content (AvgIpc) is 2.82. The maximum Gasteiger partial charge on any atom is 0.251 e. The van der Waals surface area contributed by atoms with E-state index in [9.17, 15) is 4.79 Å². The number of hydrogen-bond donors (Lipinski definition) is 0. The van der Waals surface area contributed by atoms with Crippen molar-refractivity contribution in [1.82, 2.24) is 4.90 Å². The Labute approximate surface area is 155 Å². The minimum atomic E-state index is 0.102. The largest absolute Gasteiger partial charge is 0.324 e. The lowest BCUT2D eigenvalue weighted by atomic mass is 9.85. The predicted molar refractivity (Wildman–Crippen MR) is 105 cm³/mol. The molecule has 1 atom stereocenters. The van der Waals surface area contributed by atoms with Crippen molar-refractivity contribution in [3.8, 4) is 12.3 Å². The third-order valence-corrected chi connectivity index (χ3v) is 5.58. The number of benzene rings is 2. The third-order valence-electron chi connectivity index (χ3n) is 5.58. The minimum Gasteiger partial charge on any atom is -0.324 e. The summed E-state index contributed by atoms with van der Waals surface area (Å²) < 4.78 is 0. The number of amides is 1. The Balaban J connectivity index is 1.83. The topological polar surface area (TPSA) is 20.3 Å². The Hall–Kier alpha value is -2.79. The van der Waals surface area contributed by atoms with Crippen molar-refractivity contribution in [1.29, 1.82) is 0 Å². The number of nitrogens with zero attached hydrogens (tertiary/aromatic N) is 1. The molecule has 2 aromatic carbocycles. The summed E-state index contributed by atoms with van der Waals surface area (Å²) in [7, 11) is 0. The van der Waals surface area contributed by atoms with E-state index in [1.54, 1.807) is 0 Å². The van der Waals surface area contributed by atoms with Crippen LogP contribution in [0.5, 0.6) is 0 Å². The fourth-order valence-corrected chi connectivity index (χ4v) is 4.25. The first-order valence-corrected chi connectivity index (χ1v) is 9.16. The fraction of sp³-hybridized carbons (Fsp3) is 0.292. The van der Waals surface area contributed by atoms with Crippen LogP contribution in [0.1, 0.15) is 33.7 Å². The van der Waals surface area contributed by atoms with E-state index in [2.05, 4.69) is 62.2 Å². The van der Waals surface area contributed by atoms with E-state index in [4.69, 9.17) is 6.42 Å². The van der Waals surface area contributed by atoms with Crippen molar-refractivity contribution in [2.75, 3.05) is 13.1 Å². The van der Waals surface area contributed by atoms with E-state index in [0.29, 0.717) is 13.1 Å². The number of hydrogen-bond acceptors (Lipinski definition) is 1. The van der Waals surface area contributed by atoms with Gasteiger partial charge in [-0.15, -0.1) is 6.42 Å². The standard InChI is InChI=1S/C24H23NO/c1-4-11-25-15-21-13-20-12-17(3)7-10-19(20)14-22(23(21)24(25)26)18-8-5-16(2)6-9-18/h1,5-10,12,22H,11,13-15H2,2-3H3. The summed E-state index contributed by atoms with van der Waals surface area (Å²) >= 11 is 0. The molecule has 0 saturated heterocycles. The van der Waals surface area contributed by atoms with Gasteiger partial charge in [0.1, 0.15) is 0 Å². The molecular weight excluding hydrogens is 318 g/mol. The first-order chi connectivity index (χ1) is 12.6. The van der Waals surface area contributed by atoms with Crippen LogP contribution in [0.3, 0.4) is 0 Å². The number of rotatable bonds is 2. The molecule has 0 aromatic heterocycles. The van der Waals surface area contributed by atoms with Crippen LogP contribution in [0, 0.1) is 26.2 Å². The van der Waals surface area contributed by atoms with Crippen LogP contribution >= 0.6 is 0 Å². The summed E-state index contributed by atoms with van der Waals surface area (Å²) in [6, 6.07) is 15.3. The summed E-state index contributed by atoms with van der Waals surface area (Å²) in [5, 5.41) is 0. The molecule has 2 heteroatoms. The highest BCUT2D eigenvalue weighted by molar-refractivity contribution is 5.99. The molecule has 0 spiro atoms. The van der Waals surface area contributed by atoms with Gasteiger partial charge in [-0.25, -0.2) is 0 Å². The minimum absolute atomic E-state index is 0.102. The van der Waals surface area contributed by atoms with Crippen LogP contribution < -0.4 is 0 Å². The molecule has 1 aliphatic heterocycles. The second-order valence-electron chi connectivity index (χ2n) is 7.50. The van der Waals surface area contributed by atoms with Gasteiger partial charge in [0.05, 0.1) is 6.54 Å². The molecule has 0 fully saturated rings. The lowest BCUT2D eigenvalue weighted by Gasteiger charge is -2.21. The van der Waals surface area contributed by atoms with Crippen molar-refractivity contribution >= 4 is 5.91 Å². The number of carbonyl (C=O) groups excluding carboxylic acids is 1. The first kappa shape index (κ1) is 16.7. The van der Waals surface area contributed by atoms with Crippen molar-refractivity contribution < 1.29 is 4.79 Å². The zero-order valence-electron chi connectivity index (χ0n) is 15.4. The normalized spacial score (nSPS) is 19.0. The maximum atomic E-state index is 13.1. The Kier molecular flexibility index (Phi) is 4.17. The zero-order chi connectivity index (χ0) is 18.3. The van der Waals surface area contributed by atoms with Gasteiger partial charge in [0.25, 0.3) is 5.91 Å². The Morgan fingerprint density at radius 3 is 2.54 bits per heavy atom. The van der Waals surface area contributed by atoms with Gasteiger partial charge in [-0.3, -0.25) is 4.79 Å². The van der Waals surface area contributed by atoms with Gasteiger partial charge < -0.3 is 4.90 Å². The average molecular weight is 341 g/mol. The molecule has 0 saturated carbocycles. The van der Waals surface area contributed by atoms with Gasteiger partial charge >= 0.3 is 0 Å². The lowest BCUT2D eigenvalue weighted by Crippen LogP contribution is -2.29. The second-order valence-corrected chi connectivity index (χ2v) is 7.50. The van der Waals surface area contributed by atoms with Gasteiger partial charge in [0.15, 0.2) is 0 Å². The SMILES string of the molecule is C#CCN1CC2=C(C1=O)C(c1ccc(C)cc1)Cc1ccc(C)cc1C2. The number of fused-ring (bicyclic) bond motifs is 1. The summed E-state index contributed by atoms with van der Waals surface area (Å²) in [5.41, 5.74) is 8.63. The predicted octanol–water partition coefficient (Wildman–Crippen LogP) is 3.96. The fourth-order valence-electron chi connectivity index (χ4n) is 4.25. The monoisotopic (exact) mass is 341 g/mol. The van der Waals surface area contributed by atoms with Crippen LogP contribution in [0.4, 0.5) is 0 Å². The molecule has 2 aliphatic rings. The van der Waals surface area contributed by atoms with Crippen LogP contribution in [0.2, 0.25) is 0 Å². The third kappa shape index (κ3) is 2.84. The molecule has 1 amide bonds. The maximum absolute atomic E-state index is 13.1. The van der Waals surface area contributed by atoms with E-state index in [-0.39, 0.29) is 11.8 Å². The van der Waals surface area contributed by atoms with E-state index < -0.39 is 0 Å². The van der Waals surface area contributed by atoms with Crippen LogP contribution in [0.15, 0.2) is 53.6 Å². The van der Waals surface area contributed by atoms with E-state index in [1.165, 1.54) is 33.4 Å². The van der Waals surface area contributed by atoms with Crippen molar-refractivity contribution in [2.45, 2.75) is 32.6 Å². The molecule has 0 bridgehead atoms. The molecule has 1 unspecified atom stereocenters. The molecule has 4 rings (SSSR count). The van der Waals surface area contributed by atoms with Gasteiger partial charge in [-0.1, -0.05) is 59.5 Å².